The van der Waals surface area contributed by atoms with Crippen LogP contribution in [-0.4, -0.2) is 30.7 Å². The number of allylic oxidation sites excluding steroid dienone is 1. The zero-order chi connectivity index (χ0) is 27.0. The number of aromatic nitrogens is 1. The van der Waals surface area contributed by atoms with E-state index in [1.165, 1.54) is 30.1 Å². The fraction of sp³-hybridized carbons (Fsp3) is 0.143. The van der Waals surface area contributed by atoms with Gasteiger partial charge in [-0.1, -0.05) is 35.1 Å². The summed E-state index contributed by atoms with van der Waals surface area (Å²) in [4.78, 5) is 43.4. The molecular weight excluding hydrogens is 528 g/mol. The molecule has 5 rings (SSSR count). The van der Waals surface area contributed by atoms with Crippen LogP contribution in [0.2, 0.25) is 5.02 Å². The number of nitrogens with zero attached hydrogens (tertiary/aromatic N) is 2. The SMILES string of the molecule is COC(=O)C1=C(C)N=c2s/c(=C\c3ccc(-c4ccc(Cl)cc4)o3)c(=O)n2[C@H]1c1ccc(C(=O)OC)cc1. The van der Waals surface area contributed by atoms with Gasteiger partial charge < -0.3 is 13.9 Å². The highest BCUT2D eigenvalue weighted by molar-refractivity contribution is 7.07. The second kappa shape index (κ2) is 10.3. The Kier molecular flexibility index (Phi) is 6.88. The van der Waals surface area contributed by atoms with Gasteiger partial charge in [-0.05, 0) is 61.0 Å². The summed E-state index contributed by atoms with van der Waals surface area (Å²) in [6.45, 7) is 1.70. The molecule has 0 radical (unpaired) electrons. The van der Waals surface area contributed by atoms with Crippen molar-refractivity contribution in [2.24, 2.45) is 4.99 Å². The third kappa shape index (κ3) is 4.62. The lowest BCUT2D eigenvalue weighted by atomic mass is 9.95. The Morgan fingerprint density at radius 3 is 2.34 bits per heavy atom. The van der Waals surface area contributed by atoms with Crippen LogP contribution in [0.4, 0.5) is 0 Å². The molecule has 1 aliphatic heterocycles. The quantitative estimate of drug-likeness (QED) is 0.348. The number of halogens is 1. The lowest BCUT2D eigenvalue weighted by Crippen LogP contribution is -2.39. The summed E-state index contributed by atoms with van der Waals surface area (Å²) in [5.74, 6) is 0.0363. The molecule has 1 atom stereocenters. The van der Waals surface area contributed by atoms with E-state index >= 15 is 0 Å². The number of ether oxygens (including phenoxy) is 2. The zero-order valence-corrected chi connectivity index (χ0v) is 22.1. The molecule has 10 heteroatoms. The molecule has 0 saturated heterocycles. The van der Waals surface area contributed by atoms with E-state index < -0.39 is 18.0 Å². The smallest absolute Gasteiger partial charge is 0.338 e. The number of hydrogen-bond donors (Lipinski definition) is 0. The molecule has 0 amide bonds. The highest BCUT2D eigenvalue weighted by Crippen LogP contribution is 2.31. The second-order valence-electron chi connectivity index (χ2n) is 8.40. The maximum atomic E-state index is 13.7. The molecule has 0 saturated carbocycles. The highest BCUT2D eigenvalue weighted by atomic mass is 35.5. The zero-order valence-electron chi connectivity index (χ0n) is 20.6. The van der Waals surface area contributed by atoms with Gasteiger partial charge in [-0.2, -0.15) is 0 Å². The molecule has 0 fully saturated rings. The monoisotopic (exact) mass is 548 g/mol. The van der Waals surface area contributed by atoms with Gasteiger partial charge in [-0.15, -0.1) is 0 Å². The third-order valence-corrected chi connectivity index (χ3v) is 7.34. The van der Waals surface area contributed by atoms with Gasteiger partial charge in [0.1, 0.15) is 11.5 Å². The van der Waals surface area contributed by atoms with Gasteiger partial charge in [0.2, 0.25) is 0 Å². The summed E-state index contributed by atoms with van der Waals surface area (Å²) in [6, 6.07) is 16.6. The van der Waals surface area contributed by atoms with Crippen LogP contribution in [0.1, 0.15) is 34.6 Å². The van der Waals surface area contributed by atoms with Crippen molar-refractivity contribution in [3.8, 4) is 11.3 Å². The number of fused-ring (bicyclic) bond motifs is 1. The minimum Gasteiger partial charge on any atom is -0.466 e. The number of hydrogen-bond acceptors (Lipinski definition) is 8. The normalized spacial score (nSPS) is 15.2. The molecule has 3 heterocycles. The Hall–Kier alpha value is -4.21. The van der Waals surface area contributed by atoms with Crippen molar-refractivity contribution in [2.75, 3.05) is 14.2 Å². The number of esters is 2. The number of benzene rings is 2. The molecular formula is C28H21ClN2O6S. The van der Waals surface area contributed by atoms with Crippen molar-refractivity contribution in [1.29, 1.82) is 0 Å². The van der Waals surface area contributed by atoms with Crippen LogP contribution >= 0.6 is 22.9 Å². The van der Waals surface area contributed by atoms with Crippen LogP contribution in [0.3, 0.4) is 0 Å². The van der Waals surface area contributed by atoms with Crippen LogP contribution in [0.5, 0.6) is 0 Å². The lowest BCUT2D eigenvalue weighted by molar-refractivity contribution is -0.136. The van der Waals surface area contributed by atoms with Gasteiger partial charge in [0.15, 0.2) is 4.80 Å². The standard InChI is InChI=1S/C28H21ClN2O6S/c1-15-23(27(34)36-3)24(17-4-6-18(7-5-17)26(33)35-2)31-25(32)22(38-28(31)30-15)14-20-12-13-21(37-20)16-8-10-19(29)11-9-16/h4-14,24H,1-3H3/b22-14-/t24-/m0/s1. The van der Waals surface area contributed by atoms with Gasteiger partial charge in [-0.25, -0.2) is 14.6 Å². The maximum Gasteiger partial charge on any atom is 0.338 e. The minimum absolute atomic E-state index is 0.236. The predicted molar refractivity (Wildman–Crippen MR) is 143 cm³/mol. The number of thiazole rings is 1. The summed E-state index contributed by atoms with van der Waals surface area (Å²) >= 11 is 7.17. The summed E-state index contributed by atoms with van der Waals surface area (Å²) in [5.41, 5.74) is 2.15. The predicted octanol–water partition coefficient (Wildman–Crippen LogP) is 4.11. The number of methoxy groups -OCH3 is 2. The van der Waals surface area contributed by atoms with E-state index in [0.29, 0.717) is 42.7 Å². The van der Waals surface area contributed by atoms with Crippen LogP contribution in [0, 0.1) is 0 Å². The Morgan fingerprint density at radius 1 is 1.00 bits per heavy atom. The molecule has 192 valence electrons. The summed E-state index contributed by atoms with van der Waals surface area (Å²) in [5, 5.41) is 0.623. The number of carbonyl (C=O) groups is 2. The molecule has 2 aromatic heterocycles. The Bertz CT molecular complexity index is 1760. The maximum absolute atomic E-state index is 13.7. The molecule has 0 bridgehead atoms. The van der Waals surface area contributed by atoms with Crippen molar-refractivity contribution in [3.63, 3.8) is 0 Å². The third-order valence-electron chi connectivity index (χ3n) is 6.10. The largest absolute Gasteiger partial charge is 0.466 e. The fourth-order valence-corrected chi connectivity index (χ4v) is 5.41. The Labute approximate surface area is 225 Å². The fourth-order valence-electron chi connectivity index (χ4n) is 4.26. The summed E-state index contributed by atoms with van der Waals surface area (Å²) < 4.78 is 17.6. The molecule has 0 N–H and O–H groups in total. The Balaban J connectivity index is 1.62. The van der Waals surface area contributed by atoms with Crippen LogP contribution < -0.4 is 14.9 Å². The molecule has 0 spiro atoms. The van der Waals surface area contributed by atoms with Crippen molar-refractivity contribution in [1.82, 2.24) is 4.57 Å². The topological polar surface area (TPSA) is 100 Å². The van der Waals surface area contributed by atoms with Crippen LogP contribution in [0.25, 0.3) is 17.4 Å². The van der Waals surface area contributed by atoms with Gasteiger partial charge in [0.05, 0.1) is 41.6 Å². The lowest BCUT2D eigenvalue weighted by Gasteiger charge is -2.24. The molecule has 8 nitrogen and oxygen atoms in total. The molecule has 0 unspecified atom stereocenters. The first-order chi connectivity index (χ1) is 18.3. The van der Waals surface area contributed by atoms with E-state index in [-0.39, 0.29) is 11.1 Å². The highest BCUT2D eigenvalue weighted by Gasteiger charge is 2.33. The van der Waals surface area contributed by atoms with Crippen molar-refractivity contribution in [2.45, 2.75) is 13.0 Å². The van der Waals surface area contributed by atoms with E-state index in [4.69, 9.17) is 25.5 Å². The van der Waals surface area contributed by atoms with E-state index in [0.717, 1.165) is 5.56 Å². The second-order valence-corrected chi connectivity index (χ2v) is 9.84. The van der Waals surface area contributed by atoms with E-state index in [1.54, 1.807) is 55.5 Å². The van der Waals surface area contributed by atoms with E-state index in [1.807, 2.05) is 18.2 Å². The van der Waals surface area contributed by atoms with Crippen LogP contribution in [-0.2, 0) is 14.3 Å². The minimum atomic E-state index is -0.797. The average Bonchev–Trinajstić information content (AvgIpc) is 3.51. The first kappa shape index (κ1) is 25.4. The van der Waals surface area contributed by atoms with E-state index in [2.05, 4.69) is 4.99 Å². The average molecular weight is 549 g/mol. The Morgan fingerprint density at radius 2 is 1.68 bits per heavy atom. The van der Waals surface area contributed by atoms with Crippen molar-refractivity contribution in [3.05, 3.63) is 114 Å². The molecule has 1 aliphatic rings. The summed E-state index contributed by atoms with van der Waals surface area (Å²) in [6.07, 6.45) is 1.65. The first-order valence-electron chi connectivity index (χ1n) is 11.5. The number of carbonyl (C=O) groups excluding carboxylic acids is 2. The van der Waals surface area contributed by atoms with Gasteiger partial charge in [0.25, 0.3) is 5.56 Å². The van der Waals surface area contributed by atoms with Crippen molar-refractivity contribution < 1.29 is 23.5 Å². The molecule has 2 aromatic carbocycles. The van der Waals surface area contributed by atoms with Crippen molar-refractivity contribution >= 4 is 41.0 Å². The summed E-state index contributed by atoms with van der Waals surface area (Å²) in [7, 11) is 2.58. The first-order valence-corrected chi connectivity index (χ1v) is 12.6. The number of furan rings is 1. The van der Waals surface area contributed by atoms with Gasteiger partial charge in [0, 0.05) is 16.7 Å². The molecule has 38 heavy (non-hydrogen) atoms. The van der Waals surface area contributed by atoms with Gasteiger partial charge >= 0.3 is 11.9 Å². The van der Waals surface area contributed by atoms with E-state index in [9.17, 15) is 14.4 Å². The van der Waals surface area contributed by atoms with Gasteiger partial charge in [-0.3, -0.25) is 9.36 Å². The molecule has 4 aromatic rings. The van der Waals surface area contributed by atoms with Crippen LogP contribution in [0.15, 0.2) is 86.1 Å². The number of rotatable bonds is 5. The molecule has 0 aliphatic carbocycles.